The number of para-hydroxylation sites is 1. The third-order valence-electron chi connectivity index (χ3n) is 4.19. The first kappa shape index (κ1) is 18.9. The maximum absolute atomic E-state index is 12.3. The number of piperidine rings is 1. The lowest BCUT2D eigenvalue weighted by atomic mass is 9.96. The van der Waals surface area contributed by atoms with Crippen molar-refractivity contribution >= 4 is 23.4 Å². The van der Waals surface area contributed by atoms with Gasteiger partial charge in [0.15, 0.2) is 0 Å². The van der Waals surface area contributed by atoms with E-state index in [-0.39, 0.29) is 36.7 Å². The van der Waals surface area contributed by atoms with Crippen molar-refractivity contribution in [3.63, 3.8) is 0 Å². The topological polar surface area (TPSA) is 90.5 Å². The van der Waals surface area contributed by atoms with Gasteiger partial charge in [0, 0.05) is 18.2 Å². The number of likely N-dealkylation sites (N-methyl/N-ethyl adjacent to an activating group) is 1. The Hall–Kier alpha value is -2.41. The first-order valence-corrected chi connectivity index (χ1v) is 8.70. The second kappa shape index (κ2) is 9.78. The van der Waals surface area contributed by atoms with E-state index in [0.717, 1.165) is 18.5 Å². The fourth-order valence-electron chi connectivity index (χ4n) is 2.82. The molecule has 1 aliphatic rings. The van der Waals surface area contributed by atoms with Crippen LogP contribution in [0.3, 0.4) is 0 Å². The van der Waals surface area contributed by atoms with Gasteiger partial charge in [-0.1, -0.05) is 18.2 Å². The number of benzene rings is 1. The summed E-state index contributed by atoms with van der Waals surface area (Å²) in [4.78, 5) is 37.5. The molecule has 0 unspecified atom stereocenters. The first-order valence-electron chi connectivity index (χ1n) is 8.70. The molecule has 0 bridgehead atoms. The highest BCUT2D eigenvalue weighted by molar-refractivity contribution is 5.92. The van der Waals surface area contributed by atoms with E-state index < -0.39 is 0 Å². The zero-order chi connectivity index (χ0) is 18.1. The third kappa shape index (κ3) is 6.54. The number of carbonyl (C=O) groups excluding carboxylic acids is 3. The predicted octanol–water partition coefficient (Wildman–Crippen LogP) is 0.589. The number of hydrogen-bond acceptors (Lipinski definition) is 4. The van der Waals surface area contributed by atoms with Gasteiger partial charge in [-0.3, -0.25) is 19.3 Å². The summed E-state index contributed by atoms with van der Waals surface area (Å²) in [6.45, 7) is 4.03. The molecule has 0 spiro atoms. The van der Waals surface area contributed by atoms with Gasteiger partial charge in [0.1, 0.15) is 0 Å². The zero-order valence-electron chi connectivity index (χ0n) is 14.6. The van der Waals surface area contributed by atoms with Crippen LogP contribution >= 0.6 is 0 Å². The molecule has 1 aromatic carbocycles. The maximum Gasteiger partial charge on any atom is 0.239 e. The minimum Gasteiger partial charge on any atom is -0.355 e. The van der Waals surface area contributed by atoms with Gasteiger partial charge < -0.3 is 16.0 Å². The van der Waals surface area contributed by atoms with Gasteiger partial charge >= 0.3 is 0 Å². The lowest BCUT2D eigenvalue weighted by molar-refractivity contribution is -0.127. The summed E-state index contributed by atoms with van der Waals surface area (Å²) in [7, 11) is 0. The molecule has 0 aromatic heterocycles. The van der Waals surface area contributed by atoms with Gasteiger partial charge in [-0.15, -0.1) is 0 Å². The number of nitrogens with zero attached hydrogens (tertiary/aromatic N) is 1. The number of anilines is 1. The zero-order valence-corrected chi connectivity index (χ0v) is 14.6. The Morgan fingerprint density at radius 2 is 1.72 bits per heavy atom. The molecule has 7 nitrogen and oxygen atoms in total. The minimum atomic E-state index is -0.188. The van der Waals surface area contributed by atoms with Crippen LogP contribution in [0.15, 0.2) is 30.3 Å². The Morgan fingerprint density at radius 1 is 1.04 bits per heavy atom. The predicted molar refractivity (Wildman–Crippen MR) is 95.9 cm³/mol. The van der Waals surface area contributed by atoms with Crippen LogP contribution in [-0.2, 0) is 14.4 Å². The standard InChI is InChI=1S/C18H26N4O3/c1-2-19-16(23)12-20-17(24)13-22-10-8-14(9-11-22)18(25)21-15-6-4-3-5-7-15/h3-7,14H,2,8-13H2,1H3,(H,19,23)(H,20,24)(H,21,25). The molecule has 25 heavy (non-hydrogen) atoms. The van der Waals surface area contributed by atoms with E-state index in [1.807, 2.05) is 42.2 Å². The highest BCUT2D eigenvalue weighted by atomic mass is 16.2. The number of likely N-dealkylation sites (tertiary alicyclic amines) is 1. The van der Waals surface area contributed by atoms with E-state index in [4.69, 9.17) is 0 Å². The van der Waals surface area contributed by atoms with Crippen molar-refractivity contribution in [2.45, 2.75) is 19.8 Å². The smallest absolute Gasteiger partial charge is 0.239 e. The molecule has 1 fully saturated rings. The molecular formula is C18H26N4O3. The van der Waals surface area contributed by atoms with Crippen molar-refractivity contribution in [3.05, 3.63) is 30.3 Å². The van der Waals surface area contributed by atoms with Crippen LogP contribution in [0.5, 0.6) is 0 Å². The summed E-state index contributed by atoms with van der Waals surface area (Å²) in [6, 6.07) is 9.42. The van der Waals surface area contributed by atoms with E-state index >= 15 is 0 Å². The largest absolute Gasteiger partial charge is 0.355 e. The Balaban J connectivity index is 1.68. The quantitative estimate of drug-likeness (QED) is 0.674. The van der Waals surface area contributed by atoms with Crippen LogP contribution in [0.4, 0.5) is 5.69 Å². The van der Waals surface area contributed by atoms with E-state index in [1.54, 1.807) is 0 Å². The number of rotatable bonds is 7. The van der Waals surface area contributed by atoms with Crippen molar-refractivity contribution in [2.75, 3.05) is 38.0 Å². The van der Waals surface area contributed by atoms with Crippen molar-refractivity contribution in [3.8, 4) is 0 Å². The summed E-state index contributed by atoms with van der Waals surface area (Å²) in [5, 5.41) is 8.17. The average Bonchev–Trinajstić information content (AvgIpc) is 2.62. The number of amides is 3. The second-order valence-electron chi connectivity index (χ2n) is 6.14. The molecule has 3 amide bonds. The van der Waals surface area contributed by atoms with E-state index in [2.05, 4.69) is 16.0 Å². The Kier molecular flexibility index (Phi) is 7.40. The van der Waals surface area contributed by atoms with Crippen LogP contribution in [-0.4, -0.2) is 55.3 Å². The van der Waals surface area contributed by atoms with Crippen LogP contribution in [0.2, 0.25) is 0 Å². The Bertz CT molecular complexity index is 583. The molecule has 7 heteroatoms. The van der Waals surface area contributed by atoms with Crippen LogP contribution in [0, 0.1) is 5.92 Å². The van der Waals surface area contributed by atoms with Crippen molar-refractivity contribution in [1.82, 2.24) is 15.5 Å². The SMILES string of the molecule is CCNC(=O)CNC(=O)CN1CCC(C(=O)Nc2ccccc2)CC1. The van der Waals surface area contributed by atoms with Gasteiger partial charge in [-0.25, -0.2) is 0 Å². The Morgan fingerprint density at radius 3 is 2.36 bits per heavy atom. The summed E-state index contributed by atoms with van der Waals surface area (Å²) < 4.78 is 0. The molecule has 0 radical (unpaired) electrons. The van der Waals surface area contributed by atoms with E-state index in [1.165, 1.54) is 0 Å². The van der Waals surface area contributed by atoms with E-state index in [9.17, 15) is 14.4 Å². The molecule has 0 saturated carbocycles. The summed E-state index contributed by atoms with van der Waals surface area (Å²) in [6.07, 6.45) is 1.45. The summed E-state index contributed by atoms with van der Waals surface area (Å²) in [5.74, 6) is -0.355. The monoisotopic (exact) mass is 346 g/mol. The normalized spacial score (nSPS) is 15.4. The molecule has 1 aromatic rings. The van der Waals surface area contributed by atoms with Crippen molar-refractivity contribution in [1.29, 1.82) is 0 Å². The summed E-state index contributed by atoms with van der Waals surface area (Å²) >= 11 is 0. The second-order valence-corrected chi connectivity index (χ2v) is 6.14. The molecule has 136 valence electrons. The maximum atomic E-state index is 12.3. The van der Waals surface area contributed by atoms with Gasteiger partial charge in [0.05, 0.1) is 13.1 Å². The first-order chi connectivity index (χ1) is 12.1. The molecule has 1 aliphatic heterocycles. The molecule has 0 atom stereocenters. The van der Waals surface area contributed by atoms with Crippen molar-refractivity contribution in [2.24, 2.45) is 5.92 Å². The minimum absolute atomic E-state index is 0.00260. The van der Waals surface area contributed by atoms with Gasteiger partial charge in [-0.2, -0.15) is 0 Å². The summed E-state index contributed by atoms with van der Waals surface area (Å²) in [5.41, 5.74) is 0.805. The molecular weight excluding hydrogens is 320 g/mol. The van der Waals surface area contributed by atoms with Crippen LogP contribution < -0.4 is 16.0 Å². The highest BCUT2D eigenvalue weighted by Crippen LogP contribution is 2.19. The lowest BCUT2D eigenvalue weighted by Crippen LogP contribution is -2.45. The van der Waals surface area contributed by atoms with Gasteiger partial charge in [0.25, 0.3) is 0 Å². The molecule has 3 N–H and O–H groups in total. The third-order valence-corrected chi connectivity index (χ3v) is 4.19. The van der Waals surface area contributed by atoms with Gasteiger partial charge in [0.2, 0.25) is 17.7 Å². The van der Waals surface area contributed by atoms with Crippen LogP contribution in [0.1, 0.15) is 19.8 Å². The molecule has 1 heterocycles. The Labute approximate surface area is 148 Å². The highest BCUT2D eigenvalue weighted by Gasteiger charge is 2.26. The fraction of sp³-hybridized carbons (Fsp3) is 0.500. The van der Waals surface area contributed by atoms with Crippen molar-refractivity contribution < 1.29 is 14.4 Å². The fourth-order valence-corrected chi connectivity index (χ4v) is 2.82. The van der Waals surface area contributed by atoms with Crippen LogP contribution in [0.25, 0.3) is 0 Å². The molecule has 2 rings (SSSR count). The van der Waals surface area contributed by atoms with Gasteiger partial charge in [-0.05, 0) is 45.0 Å². The molecule has 1 saturated heterocycles. The average molecular weight is 346 g/mol. The molecule has 0 aliphatic carbocycles. The van der Waals surface area contributed by atoms with E-state index in [0.29, 0.717) is 19.6 Å². The number of nitrogens with one attached hydrogen (secondary N) is 3. The number of hydrogen-bond donors (Lipinski definition) is 3. The number of carbonyl (C=O) groups is 3. The lowest BCUT2D eigenvalue weighted by Gasteiger charge is -2.30.